The summed E-state index contributed by atoms with van der Waals surface area (Å²) < 4.78 is 42.4. The number of likely N-dealkylation sites (N-methyl/N-ethyl adjacent to an activating group) is 1. The maximum absolute atomic E-state index is 13.9. The Hall–Kier alpha value is -3.77. The molecule has 1 unspecified atom stereocenters. The normalized spacial score (nSPS) is 13.4. The largest absolute Gasteiger partial charge is 0.478 e. The SMILES string of the molecule is C=C\C(F)=C(F)/C=C/C(C(=O)O)=C(/COC(=O)CC(NC)C(=O)OC(C)(C)C)c1ccc(SC)cc1.CC(C)(C)OC=O. The van der Waals surface area contributed by atoms with Gasteiger partial charge >= 0.3 is 17.9 Å². The Morgan fingerprint density at radius 2 is 1.60 bits per heavy atom. The number of carboxylic acid groups (broad SMARTS) is 1. The van der Waals surface area contributed by atoms with Crippen LogP contribution >= 0.6 is 11.8 Å². The number of esters is 2. The topological polar surface area (TPSA) is 128 Å². The van der Waals surface area contributed by atoms with E-state index in [1.54, 1.807) is 45.0 Å². The third kappa shape index (κ3) is 16.5. The molecule has 1 rings (SSSR count). The van der Waals surface area contributed by atoms with Gasteiger partial charge < -0.3 is 24.6 Å². The summed E-state index contributed by atoms with van der Waals surface area (Å²) in [5, 5.41) is 12.5. The molecule has 0 saturated heterocycles. The van der Waals surface area contributed by atoms with E-state index in [2.05, 4.69) is 16.6 Å². The molecule has 2 N–H and O–H groups in total. The average Bonchev–Trinajstić information content (AvgIpc) is 2.91. The van der Waals surface area contributed by atoms with Crippen LogP contribution in [0, 0.1) is 0 Å². The number of thioether (sulfide) groups is 1. The first kappa shape index (κ1) is 39.2. The van der Waals surface area contributed by atoms with E-state index >= 15 is 0 Å². The van der Waals surface area contributed by atoms with Crippen LogP contribution in [0.25, 0.3) is 5.57 Å². The van der Waals surface area contributed by atoms with Crippen molar-refractivity contribution in [3.05, 3.63) is 71.9 Å². The Morgan fingerprint density at radius 1 is 1.02 bits per heavy atom. The lowest BCUT2D eigenvalue weighted by molar-refractivity contribution is -0.160. The van der Waals surface area contributed by atoms with Crippen LogP contribution in [-0.2, 0) is 33.4 Å². The molecule has 1 aromatic carbocycles. The summed E-state index contributed by atoms with van der Waals surface area (Å²) in [6.07, 6.45) is 3.67. The van der Waals surface area contributed by atoms with Crippen molar-refractivity contribution in [2.45, 2.75) is 70.1 Å². The highest BCUT2D eigenvalue weighted by Crippen LogP contribution is 2.25. The van der Waals surface area contributed by atoms with Crippen LogP contribution in [0.4, 0.5) is 8.78 Å². The fourth-order valence-electron chi connectivity index (χ4n) is 2.94. The first-order valence-electron chi connectivity index (χ1n) is 13.0. The number of carbonyl (C=O) groups is 4. The molecule has 0 bridgehead atoms. The molecular weight excluding hydrogens is 584 g/mol. The number of nitrogens with one attached hydrogen (secondary N) is 1. The van der Waals surface area contributed by atoms with Crippen molar-refractivity contribution in [3.8, 4) is 0 Å². The van der Waals surface area contributed by atoms with Crippen molar-refractivity contribution in [3.63, 3.8) is 0 Å². The molecule has 0 spiro atoms. The number of allylic oxidation sites excluding steroid dienone is 4. The standard InChI is InChI=1S/C26H31F2NO6S.C5H10O2/c1-7-20(27)21(28)13-12-18(24(31)32)19(16-8-10-17(36-6)11-9-16)15-34-23(30)14-22(29-5)25(33)35-26(2,3)4;1-5(2,3)7-4-6/h7-13,22,29H,1,14-15H2,2-6H3,(H,31,32);4H,1-3H3/b13-12+,19-18+,21-20-;. The van der Waals surface area contributed by atoms with Crippen LogP contribution in [0.5, 0.6) is 0 Å². The first-order valence-corrected chi connectivity index (χ1v) is 14.2. The van der Waals surface area contributed by atoms with Crippen molar-refractivity contribution in [1.82, 2.24) is 5.32 Å². The highest BCUT2D eigenvalue weighted by Gasteiger charge is 2.27. The minimum Gasteiger partial charge on any atom is -0.478 e. The van der Waals surface area contributed by atoms with E-state index in [1.807, 2.05) is 27.0 Å². The number of ether oxygens (including phenoxy) is 3. The minimum atomic E-state index is -1.44. The molecule has 0 heterocycles. The van der Waals surface area contributed by atoms with E-state index in [-0.39, 0.29) is 17.6 Å². The second-order valence-corrected chi connectivity index (χ2v) is 11.6. The molecule has 0 aliphatic heterocycles. The second-order valence-electron chi connectivity index (χ2n) is 10.7. The van der Waals surface area contributed by atoms with Crippen molar-refractivity contribution in [2.24, 2.45) is 0 Å². The van der Waals surface area contributed by atoms with Gasteiger partial charge in [-0.1, -0.05) is 18.7 Å². The van der Waals surface area contributed by atoms with Crippen LogP contribution < -0.4 is 5.32 Å². The van der Waals surface area contributed by atoms with Crippen molar-refractivity contribution in [2.75, 3.05) is 19.9 Å². The van der Waals surface area contributed by atoms with Gasteiger partial charge in [-0.25, -0.2) is 13.6 Å². The molecule has 0 aliphatic rings. The summed E-state index contributed by atoms with van der Waals surface area (Å²) in [4.78, 5) is 47.3. The lowest BCUT2D eigenvalue weighted by Gasteiger charge is -2.23. The van der Waals surface area contributed by atoms with Gasteiger partial charge in [-0.15, -0.1) is 11.8 Å². The molecule has 0 radical (unpaired) electrons. The van der Waals surface area contributed by atoms with Crippen LogP contribution in [0.3, 0.4) is 0 Å². The zero-order valence-electron chi connectivity index (χ0n) is 25.8. The smallest absolute Gasteiger partial charge is 0.336 e. The summed E-state index contributed by atoms with van der Waals surface area (Å²) in [5.74, 6) is -5.46. The molecule has 12 heteroatoms. The van der Waals surface area contributed by atoms with Crippen LogP contribution in [-0.4, -0.2) is 66.6 Å². The molecule has 1 atom stereocenters. The monoisotopic (exact) mass is 625 g/mol. The predicted octanol–water partition coefficient (Wildman–Crippen LogP) is 5.96. The van der Waals surface area contributed by atoms with E-state index < -0.39 is 53.4 Å². The number of hydrogen-bond acceptors (Lipinski definition) is 9. The maximum atomic E-state index is 13.9. The van der Waals surface area contributed by atoms with Gasteiger partial charge in [0.15, 0.2) is 11.7 Å². The number of carboxylic acids is 1. The van der Waals surface area contributed by atoms with Gasteiger partial charge in [0.1, 0.15) is 23.9 Å². The van der Waals surface area contributed by atoms with Gasteiger partial charge in [0.25, 0.3) is 6.47 Å². The molecule has 43 heavy (non-hydrogen) atoms. The molecule has 238 valence electrons. The number of rotatable bonds is 13. The van der Waals surface area contributed by atoms with Gasteiger partial charge in [-0.2, -0.15) is 0 Å². The quantitative estimate of drug-likeness (QED) is 0.0677. The predicted molar refractivity (Wildman–Crippen MR) is 163 cm³/mol. The Labute approximate surface area is 256 Å². The molecular formula is C31H41F2NO8S. The van der Waals surface area contributed by atoms with Crippen molar-refractivity contribution in [1.29, 1.82) is 0 Å². The number of hydrogen-bond donors (Lipinski definition) is 2. The average molecular weight is 626 g/mol. The van der Waals surface area contributed by atoms with Crippen molar-refractivity contribution < 1.29 is 47.3 Å². The fourth-order valence-corrected chi connectivity index (χ4v) is 3.35. The third-order valence-electron chi connectivity index (χ3n) is 4.99. The zero-order chi connectivity index (χ0) is 33.4. The summed E-state index contributed by atoms with van der Waals surface area (Å²) in [5.41, 5.74) is -1.05. The highest BCUT2D eigenvalue weighted by atomic mass is 32.2. The summed E-state index contributed by atoms with van der Waals surface area (Å²) in [6.45, 7) is 13.6. The minimum absolute atomic E-state index is 0.0461. The molecule has 9 nitrogen and oxygen atoms in total. The maximum Gasteiger partial charge on any atom is 0.336 e. The molecule has 1 aromatic rings. The number of benzene rings is 1. The highest BCUT2D eigenvalue weighted by molar-refractivity contribution is 7.98. The van der Waals surface area contributed by atoms with E-state index in [0.717, 1.165) is 11.0 Å². The van der Waals surface area contributed by atoms with Crippen LogP contribution in [0.2, 0.25) is 0 Å². The van der Waals surface area contributed by atoms with Gasteiger partial charge in [0.2, 0.25) is 0 Å². The summed E-state index contributed by atoms with van der Waals surface area (Å²) >= 11 is 1.47. The first-order chi connectivity index (χ1) is 19.9. The number of aliphatic carboxylic acids is 1. The second kappa shape index (κ2) is 18.7. The Kier molecular flexibility index (Phi) is 17.1. The Morgan fingerprint density at radius 3 is 2.00 bits per heavy atom. The van der Waals surface area contributed by atoms with E-state index in [9.17, 15) is 33.1 Å². The molecule has 0 saturated carbocycles. The van der Waals surface area contributed by atoms with Crippen LogP contribution in [0.15, 0.2) is 71.2 Å². The number of halogens is 2. The summed E-state index contributed by atoms with van der Waals surface area (Å²) in [7, 11) is 1.48. The lowest BCUT2D eigenvalue weighted by atomic mass is 9.99. The van der Waals surface area contributed by atoms with Crippen molar-refractivity contribution >= 4 is 41.7 Å². The van der Waals surface area contributed by atoms with E-state index in [4.69, 9.17) is 9.47 Å². The molecule has 0 fully saturated rings. The summed E-state index contributed by atoms with van der Waals surface area (Å²) in [6, 6.07) is 5.74. The Bertz CT molecular complexity index is 1210. The Balaban J connectivity index is 0.00000223. The molecule has 0 aliphatic carbocycles. The van der Waals surface area contributed by atoms with E-state index in [0.29, 0.717) is 24.2 Å². The third-order valence-corrected chi connectivity index (χ3v) is 5.73. The van der Waals surface area contributed by atoms with Gasteiger partial charge in [0.05, 0.1) is 12.0 Å². The van der Waals surface area contributed by atoms with Gasteiger partial charge in [0, 0.05) is 10.5 Å². The lowest BCUT2D eigenvalue weighted by Crippen LogP contribution is -2.41. The van der Waals surface area contributed by atoms with E-state index in [1.165, 1.54) is 18.8 Å². The van der Waals surface area contributed by atoms with Gasteiger partial charge in [-0.05, 0) is 90.8 Å². The molecule has 0 amide bonds. The fraction of sp³-hybridized carbons (Fsp3) is 0.419. The van der Waals surface area contributed by atoms with Crippen LogP contribution in [0.1, 0.15) is 53.5 Å². The van der Waals surface area contributed by atoms with Gasteiger partial charge in [-0.3, -0.25) is 14.4 Å². The zero-order valence-corrected chi connectivity index (χ0v) is 26.6. The molecule has 0 aromatic heterocycles. The number of carbonyl (C=O) groups excluding carboxylic acids is 3.